The van der Waals surface area contributed by atoms with Crippen molar-refractivity contribution < 1.29 is 17.5 Å². The lowest BCUT2D eigenvalue weighted by atomic mass is 9.73. The summed E-state index contributed by atoms with van der Waals surface area (Å²) in [5.74, 6) is 0.0515. The van der Waals surface area contributed by atoms with Crippen LogP contribution in [0.5, 0.6) is 0 Å². The molecule has 5 atom stereocenters. The summed E-state index contributed by atoms with van der Waals surface area (Å²) in [6, 6.07) is 3.13. The zero-order chi connectivity index (χ0) is 24.3. The number of ether oxygens (including phenoxy) is 1. The monoisotopic (exact) mass is 511 g/mol. The standard InChI is InChI=1S/C25H35ClFN3O3S/c1-3-30(4-2)12-13-34(31,32)28-16-19-10-11-20-23(17-8-6-5-7-9-17)29-24-21(25(20)33-19)14-18(26)15-22(24)27/h5-8,14-15,17,19-20,23,25,28-29H,3-4,9-13,16H2,1-2H3/t17?,19-,20+,23+,25+/m1/s1. The van der Waals surface area contributed by atoms with E-state index in [1.807, 2.05) is 26.0 Å². The minimum Gasteiger partial charge on any atom is -0.379 e. The van der Waals surface area contributed by atoms with E-state index in [9.17, 15) is 12.8 Å². The average Bonchev–Trinajstić information content (AvgIpc) is 2.83. The summed E-state index contributed by atoms with van der Waals surface area (Å²) in [4.78, 5) is 2.08. The van der Waals surface area contributed by atoms with Crippen molar-refractivity contribution in [1.82, 2.24) is 9.62 Å². The van der Waals surface area contributed by atoms with Crippen LogP contribution >= 0.6 is 11.6 Å². The Morgan fingerprint density at radius 1 is 1.24 bits per heavy atom. The number of sulfonamides is 1. The summed E-state index contributed by atoms with van der Waals surface area (Å²) >= 11 is 6.20. The molecule has 2 heterocycles. The van der Waals surface area contributed by atoms with Gasteiger partial charge < -0.3 is 15.0 Å². The number of allylic oxidation sites excluding steroid dienone is 3. The van der Waals surface area contributed by atoms with E-state index < -0.39 is 10.0 Å². The van der Waals surface area contributed by atoms with Crippen LogP contribution in [0.3, 0.4) is 0 Å². The van der Waals surface area contributed by atoms with Crippen molar-refractivity contribution in [2.75, 3.05) is 37.2 Å². The number of nitrogens with one attached hydrogen (secondary N) is 2. The van der Waals surface area contributed by atoms with Crippen molar-refractivity contribution >= 4 is 27.3 Å². The highest BCUT2D eigenvalue weighted by molar-refractivity contribution is 7.89. The second-order valence-corrected chi connectivity index (χ2v) is 11.7. The average molecular weight is 512 g/mol. The largest absolute Gasteiger partial charge is 0.379 e. The molecule has 1 unspecified atom stereocenters. The number of nitrogens with zero attached hydrogens (tertiary/aromatic N) is 1. The van der Waals surface area contributed by atoms with E-state index in [1.165, 1.54) is 6.07 Å². The number of fused-ring (bicyclic) bond motifs is 3. The molecule has 4 rings (SSSR count). The second kappa shape index (κ2) is 11.1. The van der Waals surface area contributed by atoms with Gasteiger partial charge in [0.1, 0.15) is 5.82 Å². The molecule has 1 aromatic carbocycles. The number of benzene rings is 1. The maximum absolute atomic E-state index is 14.9. The molecule has 0 saturated carbocycles. The van der Waals surface area contributed by atoms with Crippen molar-refractivity contribution in [2.45, 2.75) is 51.4 Å². The van der Waals surface area contributed by atoms with E-state index in [1.54, 1.807) is 6.07 Å². The maximum Gasteiger partial charge on any atom is 0.212 e. The predicted octanol–water partition coefficient (Wildman–Crippen LogP) is 4.50. The summed E-state index contributed by atoms with van der Waals surface area (Å²) in [5, 5.41) is 3.79. The zero-order valence-corrected chi connectivity index (χ0v) is 21.4. The van der Waals surface area contributed by atoms with E-state index >= 15 is 0 Å². The van der Waals surface area contributed by atoms with Crippen LogP contribution < -0.4 is 10.0 Å². The smallest absolute Gasteiger partial charge is 0.212 e. The molecule has 0 spiro atoms. The fourth-order valence-electron chi connectivity index (χ4n) is 5.34. The molecule has 3 aliphatic rings. The van der Waals surface area contributed by atoms with Gasteiger partial charge in [0.25, 0.3) is 0 Å². The molecule has 0 aromatic heterocycles. The van der Waals surface area contributed by atoms with Gasteiger partial charge in [0, 0.05) is 41.6 Å². The zero-order valence-electron chi connectivity index (χ0n) is 19.8. The highest BCUT2D eigenvalue weighted by Crippen LogP contribution is 2.49. The van der Waals surface area contributed by atoms with Gasteiger partial charge >= 0.3 is 0 Å². The van der Waals surface area contributed by atoms with Gasteiger partial charge in [-0.1, -0.05) is 49.8 Å². The lowest BCUT2D eigenvalue weighted by Gasteiger charge is -2.47. The van der Waals surface area contributed by atoms with E-state index in [0.29, 0.717) is 17.3 Å². The van der Waals surface area contributed by atoms with Crippen LogP contribution in [-0.4, -0.2) is 57.4 Å². The fraction of sp³-hybridized carbons (Fsp3) is 0.600. The number of rotatable bonds is 9. The number of halogens is 2. The molecule has 34 heavy (non-hydrogen) atoms. The van der Waals surface area contributed by atoms with Crippen molar-refractivity contribution in [2.24, 2.45) is 11.8 Å². The molecule has 2 aliphatic heterocycles. The Balaban J connectivity index is 1.48. The first-order chi connectivity index (χ1) is 16.3. The van der Waals surface area contributed by atoms with Gasteiger partial charge in [-0.25, -0.2) is 17.5 Å². The molecule has 1 fully saturated rings. The Labute approximate surface area is 207 Å². The van der Waals surface area contributed by atoms with Crippen molar-refractivity contribution in [3.63, 3.8) is 0 Å². The van der Waals surface area contributed by atoms with Gasteiger partial charge in [-0.05, 0) is 44.5 Å². The lowest BCUT2D eigenvalue weighted by Crippen LogP contribution is -2.49. The summed E-state index contributed by atoms with van der Waals surface area (Å²) in [6.07, 6.45) is 10.2. The number of hydrogen-bond acceptors (Lipinski definition) is 5. The molecule has 0 amide bonds. The lowest BCUT2D eigenvalue weighted by molar-refractivity contribution is -0.0925. The van der Waals surface area contributed by atoms with Crippen molar-refractivity contribution in [1.29, 1.82) is 0 Å². The first-order valence-electron chi connectivity index (χ1n) is 12.2. The molecule has 6 nitrogen and oxygen atoms in total. The Bertz CT molecular complexity index is 1030. The number of anilines is 1. The third kappa shape index (κ3) is 5.85. The predicted molar refractivity (Wildman–Crippen MR) is 135 cm³/mol. The normalized spacial score (nSPS) is 28.4. The Hall–Kier alpha value is -1.45. The van der Waals surface area contributed by atoms with E-state index in [2.05, 4.69) is 27.1 Å². The van der Waals surface area contributed by atoms with Crippen LogP contribution in [0.1, 0.15) is 44.8 Å². The minimum atomic E-state index is -3.41. The van der Waals surface area contributed by atoms with Crippen LogP contribution in [0, 0.1) is 17.7 Å². The SMILES string of the molecule is CCN(CC)CCS(=O)(=O)NC[C@H]1CC[C@@H]2[C@H](O1)c1cc(Cl)cc(F)c1N[C@H]2C1C=CC=CC1. The van der Waals surface area contributed by atoms with Gasteiger partial charge in [0.05, 0.1) is 23.6 Å². The Kier molecular flexibility index (Phi) is 8.36. The molecular formula is C25H35ClFN3O3S. The molecule has 0 radical (unpaired) electrons. The molecule has 1 aromatic rings. The van der Waals surface area contributed by atoms with Gasteiger partial charge in [-0.3, -0.25) is 0 Å². The van der Waals surface area contributed by atoms with E-state index in [-0.39, 0.29) is 48.2 Å². The molecule has 2 N–H and O–H groups in total. The summed E-state index contributed by atoms with van der Waals surface area (Å²) in [7, 11) is -3.41. The van der Waals surface area contributed by atoms with Gasteiger partial charge in [-0.2, -0.15) is 0 Å². The summed E-state index contributed by atoms with van der Waals surface area (Å²) in [6.45, 7) is 6.40. The van der Waals surface area contributed by atoms with Crippen molar-refractivity contribution in [3.05, 3.63) is 52.8 Å². The molecule has 188 valence electrons. The van der Waals surface area contributed by atoms with E-state index in [4.69, 9.17) is 16.3 Å². The van der Waals surface area contributed by atoms with E-state index in [0.717, 1.165) is 37.9 Å². The third-order valence-electron chi connectivity index (χ3n) is 7.29. The first kappa shape index (κ1) is 25.6. The Morgan fingerprint density at radius 3 is 2.74 bits per heavy atom. The maximum atomic E-state index is 14.9. The molecule has 0 bridgehead atoms. The Morgan fingerprint density at radius 2 is 2.03 bits per heavy atom. The number of hydrogen-bond donors (Lipinski definition) is 2. The van der Waals surface area contributed by atoms with Crippen LogP contribution in [0.25, 0.3) is 0 Å². The topological polar surface area (TPSA) is 70.7 Å². The van der Waals surface area contributed by atoms with Crippen LogP contribution in [-0.2, 0) is 14.8 Å². The summed E-state index contributed by atoms with van der Waals surface area (Å²) < 4.78 is 49.2. The quantitative estimate of drug-likeness (QED) is 0.510. The van der Waals surface area contributed by atoms with Crippen LogP contribution in [0.15, 0.2) is 36.4 Å². The van der Waals surface area contributed by atoms with Crippen LogP contribution in [0.2, 0.25) is 5.02 Å². The molecular weight excluding hydrogens is 477 g/mol. The molecule has 1 saturated heterocycles. The van der Waals surface area contributed by atoms with Gasteiger partial charge in [0.2, 0.25) is 10.0 Å². The minimum absolute atomic E-state index is 0.0288. The highest BCUT2D eigenvalue weighted by atomic mass is 35.5. The second-order valence-electron chi connectivity index (χ2n) is 9.35. The summed E-state index contributed by atoms with van der Waals surface area (Å²) in [5.41, 5.74) is 1.16. The molecule has 1 aliphatic carbocycles. The molecule has 9 heteroatoms. The third-order valence-corrected chi connectivity index (χ3v) is 8.84. The highest BCUT2D eigenvalue weighted by Gasteiger charge is 2.44. The van der Waals surface area contributed by atoms with Crippen molar-refractivity contribution in [3.8, 4) is 0 Å². The van der Waals surface area contributed by atoms with Gasteiger partial charge in [0.15, 0.2) is 0 Å². The fourth-order valence-corrected chi connectivity index (χ4v) is 6.64. The van der Waals surface area contributed by atoms with Gasteiger partial charge in [-0.15, -0.1) is 0 Å². The van der Waals surface area contributed by atoms with Crippen LogP contribution in [0.4, 0.5) is 10.1 Å². The first-order valence-corrected chi connectivity index (χ1v) is 14.3.